The molecule has 0 N–H and O–H groups in total. The fourth-order valence-corrected chi connectivity index (χ4v) is 2.71. The minimum absolute atomic E-state index is 0.180. The number of halogens is 1. The SMILES string of the molecule is CCC1CCN(C(=O)c2cc(Br)ccc2C)C1. The Bertz CT molecular complexity index is 430. The number of nitrogens with zero attached hydrogens (tertiary/aromatic N) is 1. The molecule has 92 valence electrons. The number of amides is 1. The topological polar surface area (TPSA) is 20.3 Å². The van der Waals surface area contributed by atoms with Crippen LogP contribution in [0.1, 0.15) is 35.7 Å². The van der Waals surface area contributed by atoms with E-state index >= 15 is 0 Å². The summed E-state index contributed by atoms with van der Waals surface area (Å²) < 4.78 is 0.970. The predicted octanol–water partition coefficient (Wildman–Crippen LogP) is 3.63. The minimum Gasteiger partial charge on any atom is -0.338 e. The van der Waals surface area contributed by atoms with Gasteiger partial charge in [-0.05, 0) is 37.0 Å². The first-order valence-corrected chi connectivity index (χ1v) is 6.96. The number of likely N-dealkylation sites (tertiary alicyclic amines) is 1. The van der Waals surface area contributed by atoms with E-state index in [-0.39, 0.29) is 5.91 Å². The van der Waals surface area contributed by atoms with Crippen molar-refractivity contribution in [1.29, 1.82) is 0 Å². The Balaban J connectivity index is 2.17. The van der Waals surface area contributed by atoms with E-state index in [1.165, 1.54) is 6.42 Å². The monoisotopic (exact) mass is 295 g/mol. The maximum Gasteiger partial charge on any atom is 0.254 e. The molecule has 1 saturated heterocycles. The average molecular weight is 296 g/mol. The van der Waals surface area contributed by atoms with Crippen LogP contribution in [0.2, 0.25) is 0 Å². The molecule has 1 atom stereocenters. The van der Waals surface area contributed by atoms with Crippen molar-refractivity contribution in [2.75, 3.05) is 13.1 Å². The molecule has 1 aromatic rings. The van der Waals surface area contributed by atoms with Crippen LogP contribution in [0.5, 0.6) is 0 Å². The molecular formula is C14H18BrNO. The van der Waals surface area contributed by atoms with Gasteiger partial charge in [-0.25, -0.2) is 0 Å². The van der Waals surface area contributed by atoms with Crippen molar-refractivity contribution in [3.63, 3.8) is 0 Å². The maximum absolute atomic E-state index is 12.4. The molecule has 1 fully saturated rings. The van der Waals surface area contributed by atoms with Crippen LogP contribution in [0, 0.1) is 12.8 Å². The molecule has 0 bridgehead atoms. The van der Waals surface area contributed by atoms with Gasteiger partial charge >= 0.3 is 0 Å². The highest BCUT2D eigenvalue weighted by atomic mass is 79.9. The van der Waals surface area contributed by atoms with Gasteiger partial charge < -0.3 is 4.90 Å². The van der Waals surface area contributed by atoms with Crippen molar-refractivity contribution >= 4 is 21.8 Å². The minimum atomic E-state index is 0.180. The molecule has 1 aliphatic rings. The predicted molar refractivity (Wildman–Crippen MR) is 73.2 cm³/mol. The summed E-state index contributed by atoms with van der Waals surface area (Å²) in [6.07, 6.45) is 2.32. The molecule has 1 aliphatic heterocycles. The zero-order chi connectivity index (χ0) is 12.4. The first-order chi connectivity index (χ1) is 8.11. The van der Waals surface area contributed by atoms with Crippen molar-refractivity contribution in [3.05, 3.63) is 33.8 Å². The van der Waals surface area contributed by atoms with Gasteiger partial charge in [-0.15, -0.1) is 0 Å². The number of rotatable bonds is 2. The molecule has 17 heavy (non-hydrogen) atoms. The van der Waals surface area contributed by atoms with E-state index in [0.717, 1.165) is 35.1 Å². The Labute approximate surface area is 111 Å². The van der Waals surface area contributed by atoms with Crippen molar-refractivity contribution in [2.45, 2.75) is 26.7 Å². The third kappa shape index (κ3) is 2.71. The van der Waals surface area contributed by atoms with Gasteiger partial charge in [0.2, 0.25) is 0 Å². The zero-order valence-corrected chi connectivity index (χ0v) is 12.0. The summed E-state index contributed by atoms with van der Waals surface area (Å²) in [4.78, 5) is 14.4. The van der Waals surface area contributed by atoms with Gasteiger partial charge in [0.25, 0.3) is 5.91 Å². The van der Waals surface area contributed by atoms with E-state index in [1.54, 1.807) is 0 Å². The van der Waals surface area contributed by atoms with E-state index in [9.17, 15) is 4.79 Å². The van der Waals surface area contributed by atoms with Crippen LogP contribution in [-0.4, -0.2) is 23.9 Å². The van der Waals surface area contributed by atoms with Gasteiger partial charge in [0.05, 0.1) is 0 Å². The first-order valence-electron chi connectivity index (χ1n) is 6.17. The molecule has 0 saturated carbocycles. The Morgan fingerprint density at radius 1 is 1.53 bits per heavy atom. The van der Waals surface area contributed by atoms with Crippen molar-refractivity contribution < 1.29 is 4.79 Å². The number of hydrogen-bond donors (Lipinski definition) is 0. The molecule has 0 radical (unpaired) electrons. The van der Waals surface area contributed by atoms with Crippen LogP contribution in [0.25, 0.3) is 0 Å². The molecule has 3 heteroatoms. The molecule has 1 heterocycles. The van der Waals surface area contributed by atoms with Crippen LogP contribution in [0.15, 0.2) is 22.7 Å². The quantitative estimate of drug-likeness (QED) is 0.816. The van der Waals surface area contributed by atoms with Crippen LogP contribution in [0.3, 0.4) is 0 Å². The van der Waals surface area contributed by atoms with Crippen molar-refractivity contribution in [1.82, 2.24) is 4.90 Å². The number of aryl methyl sites for hydroxylation is 1. The fraction of sp³-hybridized carbons (Fsp3) is 0.500. The second-order valence-corrected chi connectivity index (χ2v) is 5.69. The van der Waals surface area contributed by atoms with Gasteiger partial charge in [0.1, 0.15) is 0 Å². The normalized spacial score (nSPS) is 19.7. The summed E-state index contributed by atoms with van der Waals surface area (Å²) in [6, 6.07) is 5.90. The number of carbonyl (C=O) groups excluding carboxylic acids is 1. The lowest BCUT2D eigenvalue weighted by atomic mass is 10.1. The fourth-order valence-electron chi connectivity index (χ4n) is 2.35. The van der Waals surface area contributed by atoms with Gasteiger partial charge in [-0.2, -0.15) is 0 Å². The third-order valence-electron chi connectivity index (χ3n) is 3.58. The van der Waals surface area contributed by atoms with E-state index in [4.69, 9.17) is 0 Å². The number of carbonyl (C=O) groups is 1. The smallest absolute Gasteiger partial charge is 0.254 e. The maximum atomic E-state index is 12.4. The van der Waals surface area contributed by atoms with E-state index in [2.05, 4.69) is 22.9 Å². The molecule has 2 rings (SSSR count). The highest BCUT2D eigenvalue weighted by Crippen LogP contribution is 2.23. The summed E-state index contributed by atoms with van der Waals surface area (Å²) >= 11 is 3.43. The Morgan fingerprint density at radius 2 is 2.29 bits per heavy atom. The van der Waals surface area contributed by atoms with Crippen LogP contribution < -0.4 is 0 Å². The standard InChI is InChI=1S/C14H18BrNO/c1-3-11-6-7-16(9-11)14(17)13-8-12(15)5-4-10(13)2/h4-5,8,11H,3,6-7,9H2,1-2H3. The third-order valence-corrected chi connectivity index (χ3v) is 4.07. The Hall–Kier alpha value is -0.830. The van der Waals surface area contributed by atoms with Crippen molar-refractivity contribution in [2.24, 2.45) is 5.92 Å². The van der Waals surface area contributed by atoms with E-state index in [0.29, 0.717) is 5.92 Å². The lowest BCUT2D eigenvalue weighted by Gasteiger charge is -2.17. The Morgan fingerprint density at radius 3 is 2.94 bits per heavy atom. The van der Waals surface area contributed by atoms with Gasteiger partial charge in [-0.1, -0.05) is 35.3 Å². The molecule has 1 amide bonds. The van der Waals surface area contributed by atoms with Gasteiger partial charge in [0, 0.05) is 23.1 Å². The van der Waals surface area contributed by atoms with Gasteiger partial charge in [0.15, 0.2) is 0 Å². The highest BCUT2D eigenvalue weighted by molar-refractivity contribution is 9.10. The molecule has 2 nitrogen and oxygen atoms in total. The summed E-state index contributed by atoms with van der Waals surface area (Å²) in [5, 5.41) is 0. The molecule has 0 aromatic heterocycles. The second-order valence-electron chi connectivity index (χ2n) is 4.77. The number of hydrogen-bond acceptors (Lipinski definition) is 1. The average Bonchev–Trinajstić information content (AvgIpc) is 2.80. The first kappa shape index (κ1) is 12.6. The second kappa shape index (κ2) is 5.21. The van der Waals surface area contributed by atoms with Gasteiger partial charge in [-0.3, -0.25) is 4.79 Å². The van der Waals surface area contributed by atoms with E-state index in [1.807, 2.05) is 30.0 Å². The largest absolute Gasteiger partial charge is 0.338 e. The summed E-state index contributed by atoms with van der Waals surface area (Å²) in [5.41, 5.74) is 1.88. The number of benzene rings is 1. The molecule has 1 unspecified atom stereocenters. The summed E-state index contributed by atoms with van der Waals surface area (Å²) in [6.45, 7) is 6.01. The molecular weight excluding hydrogens is 278 g/mol. The zero-order valence-electron chi connectivity index (χ0n) is 10.4. The lowest BCUT2D eigenvalue weighted by molar-refractivity contribution is 0.0786. The summed E-state index contributed by atoms with van der Waals surface area (Å²) in [7, 11) is 0. The van der Waals surface area contributed by atoms with Crippen molar-refractivity contribution in [3.8, 4) is 0 Å². The van der Waals surface area contributed by atoms with E-state index < -0.39 is 0 Å². The Kier molecular flexibility index (Phi) is 3.87. The van der Waals surface area contributed by atoms with Crippen LogP contribution in [0.4, 0.5) is 0 Å². The molecule has 1 aromatic carbocycles. The van der Waals surface area contributed by atoms with Crippen LogP contribution >= 0.6 is 15.9 Å². The highest BCUT2D eigenvalue weighted by Gasteiger charge is 2.26. The van der Waals surface area contributed by atoms with Crippen LogP contribution in [-0.2, 0) is 0 Å². The lowest BCUT2D eigenvalue weighted by Crippen LogP contribution is -2.29. The molecule has 0 aliphatic carbocycles. The molecule has 0 spiro atoms. The summed E-state index contributed by atoms with van der Waals surface area (Å²) in [5.74, 6) is 0.867.